The van der Waals surface area contributed by atoms with Crippen LogP contribution < -0.4 is 20.3 Å². The molecule has 0 bridgehead atoms. The number of ether oxygens (including phenoxy) is 2. The molecule has 0 saturated carbocycles. The molecule has 1 aromatic carbocycles. The first-order valence-electron chi connectivity index (χ1n) is 6.92. The van der Waals surface area contributed by atoms with Crippen LogP contribution in [0.15, 0.2) is 34.7 Å². The van der Waals surface area contributed by atoms with Crippen LogP contribution in [0.1, 0.15) is 21.9 Å². The molecular weight excluding hydrogens is 300 g/mol. The molecule has 2 aromatic rings. The van der Waals surface area contributed by atoms with Crippen LogP contribution in [0.5, 0.6) is 11.5 Å². The van der Waals surface area contributed by atoms with Gasteiger partial charge in [-0.25, -0.2) is 0 Å². The lowest BCUT2D eigenvalue weighted by Gasteiger charge is -2.09. The van der Waals surface area contributed by atoms with Crippen LogP contribution in [0, 0.1) is 13.8 Å². The number of aryl methyl sites for hydroxylation is 2. The van der Waals surface area contributed by atoms with Crippen molar-refractivity contribution in [3.05, 3.63) is 47.4 Å². The standard InChI is InChI=1S/C16H18N2O5/c1-10-8-14(11(2)23-10)16(20)18-17-15(19)9-22-13-6-4-12(21-3)5-7-13/h4-8H,9H2,1-3H3,(H,17,19)(H,18,20). The normalized spacial score (nSPS) is 10.0. The van der Waals surface area contributed by atoms with Crippen LogP contribution in [0.2, 0.25) is 0 Å². The molecule has 0 aliphatic heterocycles. The Labute approximate surface area is 133 Å². The van der Waals surface area contributed by atoms with Crippen molar-refractivity contribution in [1.82, 2.24) is 10.9 Å². The first-order valence-corrected chi connectivity index (χ1v) is 6.92. The van der Waals surface area contributed by atoms with Crippen LogP contribution in [0.3, 0.4) is 0 Å². The summed E-state index contributed by atoms with van der Waals surface area (Å²) in [6.07, 6.45) is 0. The second-order valence-corrected chi connectivity index (χ2v) is 4.79. The van der Waals surface area contributed by atoms with Crippen molar-refractivity contribution in [3.8, 4) is 11.5 Å². The van der Waals surface area contributed by atoms with Crippen molar-refractivity contribution in [3.63, 3.8) is 0 Å². The maximum Gasteiger partial charge on any atom is 0.276 e. The summed E-state index contributed by atoms with van der Waals surface area (Å²) in [5.41, 5.74) is 4.96. The highest BCUT2D eigenvalue weighted by atomic mass is 16.5. The molecule has 0 aliphatic rings. The maximum atomic E-state index is 11.9. The zero-order valence-electron chi connectivity index (χ0n) is 13.1. The zero-order chi connectivity index (χ0) is 16.8. The highest BCUT2D eigenvalue weighted by Crippen LogP contribution is 2.16. The molecule has 0 atom stereocenters. The third-order valence-corrected chi connectivity index (χ3v) is 3.03. The van der Waals surface area contributed by atoms with Crippen LogP contribution in [0.4, 0.5) is 0 Å². The molecule has 23 heavy (non-hydrogen) atoms. The minimum Gasteiger partial charge on any atom is -0.497 e. The van der Waals surface area contributed by atoms with E-state index in [9.17, 15) is 9.59 Å². The monoisotopic (exact) mass is 318 g/mol. The Morgan fingerprint density at radius 1 is 1.09 bits per heavy atom. The van der Waals surface area contributed by atoms with E-state index in [2.05, 4.69) is 10.9 Å². The Kier molecular flexibility index (Phi) is 5.24. The molecule has 0 saturated heterocycles. The highest BCUT2D eigenvalue weighted by Gasteiger charge is 2.14. The molecule has 0 fully saturated rings. The molecule has 7 heteroatoms. The number of nitrogens with one attached hydrogen (secondary N) is 2. The minimum absolute atomic E-state index is 0.226. The lowest BCUT2D eigenvalue weighted by Crippen LogP contribution is -2.43. The number of carbonyl (C=O) groups is 2. The summed E-state index contributed by atoms with van der Waals surface area (Å²) in [5.74, 6) is 1.41. The van der Waals surface area contributed by atoms with Gasteiger partial charge in [-0.2, -0.15) is 0 Å². The number of carbonyl (C=O) groups excluding carboxylic acids is 2. The van der Waals surface area contributed by atoms with Gasteiger partial charge in [0.25, 0.3) is 11.8 Å². The van der Waals surface area contributed by atoms with Crippen molar-refractivity contribution < 1.29 is 23.5 Å². The van der Waals surface area contributed by atoms with Gasteiger partial charge in [-0.05, 0) is 44.2 Å². The average Bonchev–Trinajstić information content (AvgIpc) is 2.89. The molecule has 2 amide bonds. The molecule has 1 aromatic heterocycles. The van der Waals surface area contributed by atoms with E-state index >= 15 is 0 Å². The predicted octanol–water partition coefficient (Wildman–Crippen LogP) is 1.75. The second kappa shape index (κ2) is 7.35. The van der Waals surface area contributed by atoms with Gasteiger partial charge >= 0.3 is 0 Å². The molecule has 1 heterocycles. The summed E-state index contributed by atoms with van der Waals surface area (Å²) in [6.45, 7) is 3.19. The summed E-state index contributed by atoms with van der Waals surface area (Å²) in [6, 6.07) is 8.41. The number of benzene rings is 1. The first-order chi connectivity index (χ1) is 11.0. The number of furan rings is 1. The summed E-state index contributed by atoms with van der Waals surface area (Å²) in [5, 5.41) is 0. The smallest absolute Gasteiger partial charge is 0.276 e. The van der Waals surface area contributed by atoms with E-state index in [1.54, 1.807) is 51.3 Å². The second-order valence-electron chi connectivity index (χ2n) is 4.79. The summed E-state index contributed by atoms with van der Waals surface area (Å²) < 4.78 is 15.6. The van der Waals surface area contributed by atoms with E-state index in [4.69, 9.17) is 13.9 Å². The van der Waals surface area contributed by atoms with Crippen molar-refractivity contribution >= 4 is 11.8 Å². The van der Waals surface area contributed by atoms with Crippen molar-refractivity contribution in [2.24, 2.45) is 0 Å². The fourth-order valence-electron chi connectivity index (χ4n) is 1.91. The van der Waals surface area contributed by atoms with Crippen molar-refractivity contribution in [2.45, 2.75) is 13.8 Å². The van der Waals surface area contributed by atoms with Crippen LogP contribution in [-0.4, -0.2) is 25.5 Å². The Morgan fingerprint density at radius 2 is 1.74 bits per heavy atom. The molecule has 2 N–H and O–H groups in total. The summed E-state index contributed by atoms with van der Waals surface area (Å²) in [7, 11) is 1.56. The fourth-order valence-corrected chi connectivity index (χ4v) is 1.91. The SMILES string of the molecule is COc1ccc(OCC(=O)NNC(=O)c2cc(C)oc2C)cc1. The van der Waals surface area contributed by atoms with Gasteiger partial charge < -0.3 is 13.9 Å². The van der Waals surface area contributed by atoms with E-state index in [0.29, 0.717) is 28.6 Å². The number of hydrogen-bond donors (Lipinski definition) is 2. The summed E-state index contributed by atoms with van der Waals surface area (Å²) in [4.78, 5) is 23.6. The number of rotatable bonds is 5. The molecular formula is C16H18N2O5. The lowest BCUT2D eigenvalue weighted by atomic mass is 10.2. The number of amides is 2. The lowest BCUT2D eigenvalue weighted by molar-refractivity contribution is -0.123. The van der Waals surface area contributed by atoms with Crippen LogP contribution in [0.25, 0.3) is 0 Å². The maximum absolute atomic E-state index is 11.9. The average molecular weight is 318 g/mol. The van der Waals surface area contributed by atoms with Crippen LogP contribution >= 0.6 is 0 Å². The Morgan fingerprint density at radius 3 is 2.30 bits per heavy atom. The van der Waals surface area contributed by atoms with Crippen molar-refractivity contribution in [2.75, 3.05) is 13.7 Å². The van der Waals surface area contributed by atoms with E-state index in [1.807, 2.05) is 0 Å². The molecule has 0 aliphatic carbocycles. The quantitative estimate of drug-likeness (QED) is 0.820. The van der Waals surface area contributed by atoms with E-state index in [0.717, 1.165) is 0 Å². The fraction of sp³-hybridized carbons (Fsp3) is 0.250. The third-order valence-electron chi connectivity index (χ3n) is 3.03. The zero-order valence-corrected chi connectivity index (χ0v) is 13.1. The molecule has 0 spiro atoms. The van der Waals surface area contributed by atoms with E-state index in [1.165, 1.54) is 0 Å². The predicted molar refractivity (Wildman–Crippen MR) is 82.3 cm³/mol. The van der Waals surface area contributed by atoms with Gasteiger partial charge in [0.2, 0.25) is 0 Å². The number of hydrazine groups is 1. The third kappa shape index (κ3) is 4.50. The van der Waals surface area contributed by atoms with E-state index in [-0.39, 0.29) is 6.61 Å². The van der Waals surface area contributed by atoms with Gasteiger partial charge in [0.05, 0.1) is 12.7 Å². The largest absolute Gasteiger partial charge is 0.497 e. The number of methoxy groups -OCH3 is 1. The van der Waals surface area contributed by atoms with Crippen molar-refractivity contribution in [1.29, 1.82) is 0 Å². The van der Waals surface area contributed by atoms with Gasteiger partial charge in [-0.1, -0.05) is 0 Å². The van der Waals surface area contributed by atoms with Gasteiger partial charge in [0, 0.05) is 0 Å². The topological polar surface area (TPSA) is 89.8 Å². The Hall–Kier alpha value is -2.96. The molecule has 122 valence electrons. The highest BCUT2D eigenvalue weighted by molar-refractivity contribution is 5.96. The molecule has 0 radical (unpaired) electrons. The summed E-state index contributed by atoms with van der Waals surface area (Å²) >= 11 is 0. The van der Waals surface area contributed by atoms with E-state index < -0.39 is 11.8 Å². The molecule has 2 rings (SSSR count). The minimum atomic E-state index is -0.480. The van der Waals surface area contributed by atoms with Gasteiger partial charge in [0.1, 0.15) is 23.0 Å². The van der Waals surface area contributed by atoms with Gasteiger partial charge in [-0.3, -0.25) is 20.4 Å². The number of hydrogen-bond acceptors (Lipinski definition) is 5. The van der Waals surface area contributed by atoms with Gasteiger partial charge in [0.15, 0.2) is 6.61 Å². The Bertz CT molecular complexity index is 691. The molecule has 7 nitrogen and oxygen atoms in total. The van der Waals surface area contributed by atoms with Crippen LogP contribution in [-0.2, 0) is 4.79 Å². The molecule has 0 unspecified atom stereocenters. The first kappa shape index (κ1) is 16.4. The van der Waals surface area contributed by atoms with Gasteiger partial charge in [-0.15, -0.1) is 0 Å². The Balaban J connectivity index is 1.78.